The van der Waals surface area contributed by atoms with Crippen LogP contribution in [0, 0.1) is 0 Å². The van der Waals surface area contributed by atoms with Crippen LogP contribution in [0.1, 0.15) is 46.6 Å². The molecule has 0 bridgehead atoms. The topological polar surface area (TPSA) is 111 Å². The van der Waals surface area contributed by atoms with Gasteiger partial charge in [-0.05, 0) is 33.4 Å². The Bertz CT molecular complexity index is 1710. The fourth-order valence-electron chi connectivity index (χ4n) is 5.39. The van der Waals surface area contributed by atoms with Crippen molar-refractivity contribution in [3.63, 3.8) is 0 Å². The molecule has 3 N–H and O–H groups in total. The highest BCUT2D eigenvalue weighted by Crippen LogP contribution is 2.40. The van der Waals surface area contributed by atoms with E-state index in [1.807, 2.05) is 96.5 Å². The van der Waals surface area contributed by atoms with Crippen molar-refractivity contribution in [2.24, 2.45) is 7.05 Å². The third kappa shape index (κ3) is 8.02. The van der Waals surface area contributed by atoms with Crippen molar-refractivity contribution in [1.82, 2.24) is 25.4 Å². The molecule has 0 aliphatic carbocycles. The minimum atomic E-state index is -0.555. The number of nitrogens with one attached hydrogen (secondary N) is 2. The number of aliphatic hydroxyl groups excluding tert-OH is 1. The van der Waals surface area contributed by atoms with Gasteiger partial charge in [0, 0.05) is 37.9 Å². The Morgan fingerprint density at radius 3 is 2.33 bits per heavy atom. The number of nitrogens with zero attached hydrogens (tertiary/aromatic N) is 3. The smallest absolute Gasteiger partial charge is 0.315 e. The molecule has 2 amide bonds. The van der Waals surface area contributed by atoms with E-state index in [0.717, 1.165) is 44.1 Å². The van der Waals surface area contributed by atoms with Crippen molar-refractivity contribution < 1.29 is 19.4 Å². The van der Waals surface area contributed by atoms with Crippen LogP contribution in [0.5, 0.6) is 0 Å². The van der Waals surface area contributed by atoms with Gasteiger partial charge in [0.1, 0.15) is 6.33 Å². The molecule has 2 heterocycles. The largest absolute Gasteiger partial charge is 0.392 e. The van der Waals surface area contributed by atoms with Gasteiger partial charge in [0.05, 0.1) is 18.8 Å². The second kappa shape index (κ2) is 15.2. The lowest BCUT2D eigenvalue weighted by Crippen LogP contribution is -2.34. The number of thioether (sulfide) groups is 1. The number of aliphatic hydroxyl groups is 1. The minimum Gasteiger partial charge on any atom is -0.392 e. The van der Waals surface area contributed by atoms with Crippen LogP contribution in [-0.4, -0.2) is 37.8 Å². The molecular weight excluding hydrogens is 598 g/mol. The molecule has 0 spiro atoms. The summed E-state index contributed by atoms with van der Waals surface area (Å²) in [5.41, 5.74) is 6.97. The third-order valence-electron chi connectivity index (χ3n) is 7.93. The van der Waals surface area contributed by atoms with Gasteiger partial charge < -0.3 is 29.8 Å². The van der Waals surface area contributed by atoms with Crippen molar-refractivity contribution in [2.75, 3.05) is 5.75 Å². The van der Waals surface area contributed by atoms with Crippen LogP contribution in [0.3, 0.4) is 0 Å². The number of carbonyl (C=O) groups is 1. The van der Waals surface area contributed by atoms with Crippen molar-refractivity contribution >= 4 is 17.8 Å². The standard InChI is InChI=1S/C36H37N5O4S/c1-41-24-39-40-36(41)46-23-31-19-33(28-13-11-26(22-42)12-14-28)45-34(44-31)29-17-15-27(16-18-29)32-10-6-5-9-30(32)21-38-35(43)37-20-25-7-3-2-4-8-25/h2-18,24,31,33-34,42H,19-23H2,1H3,(H2,37,38,43). The Morgan fingerprint density at radius 1 is 0.870 bits per heavy atom. The second-order valence-corrected chi connectivity index (χ2v) is 12.2. The number of amides is 2. The summed E-state index contributed by atoms with van der Waals surface area (Å²) in [6.07, 6.45) is 1.58. The van der Waals surface area contributed by atoms with E-state index in [1.165, 1.54) is 0 Å². The van der Waals surface area contributed by atoms with E-state index in [2.05, 4.69) is 39.0 Å². The maximum atomic E-state index is 12.5. The highest BCUT2D eigenvalue weighted by Gasteiger charge is 2.32. The normalized spacial score (nSPS) is 17.8. The van der Waals surface area contributed by atoms with E-state index in [-0.39, 0.29) is 24.8 Å². The van der Waals surface area contributed by atoms with Crippen LogP contribution >= 0.6 is 11.8 Å². The Balaban J connectivity index is 1.14. The van der Waals surface area contributed by atoms with Crippen LogP contribution < -0.4 is 10.6 Å². The van der Waals surface area contributed by atoms with Crippen LogP contribution in [0.2, 0.25) is 0 Å². The van der Waals surface area contributed by atoms with E-state index >= 15 is 0 Å². The maximum Gasteiger partial charge on any atom is 0.315 e. The van der Waals surface area contributed by atoms with Gasteiger partial charge in [-0.25, -0.2) is 4.79 Å². The van der Waals surface area contributed by atoms with E-state index in [4.69, 9.17) is 9.47 Å². The van der Waals surface area contributed by atoms with Gasteiger partial charge in [-0.15, -0.1) is 10.2 Å². The molecule has 5 aromatic rings. The van der Waals surface area contributed by atoms with Crippen LogP contribution in [0.4, 0.5) is 4.79 Å². The second-order valence-electron chi connectivity index (χ2n) is 11.2. The van der Waals surface area contributed by atoms with Crippen LogP contribution in [0.15, 0.2) is 115 Å². The fourth-order valence-corrected chi connectivity index (χ4v) is 6.29. The number of aryl methyl sites for hydroxylation is 1. The molecule has 0 radical (unpaired) electrons. The zero-order valence-corrected chi connectivity index (χ0v) is 26.4. The first-order valence-electron chi connectivity index (χ1n) is 15.3. The first-order valence-corrected chi connectivity index (χ1v) is 16.3. The highest BCUT2D eigenvalue weighted by molar-refractivity contribution is 7.99. The van der Waals surface area contributed by atoms with Crippen molar-refractivity contribution in [3.05, 3.63) is 137 Å². The number of ether oxygens (including phenoxy) is 2. The number of benzene rings is 4. The molecule has 236 valence electrons. The minimum absolute atomic E-state index is 0.00149. The Kier molecular flexibility index (Phi) is 10.4. The predicted molar refractivity (Wildman–Crippen MR) is 178 cm³/mol. The summed E-state index contributed by atoms with van der Waals surface area (Å²) in [5, 5.41) is 24.4. The molecule has 3 atom stereocenters. The van der Waals surface area contributed by atoms with Gasteiger partial charge >= 0.3 is 6.03 Å². The summed E-state index contributed by atoms with van der Waals surface area (Å²) in [4.78, 5) is 12.5. The molecule has 9 nitrogen and oxygen atoms in total. The van der Waals surface area contributed by atoms with Gasteiger partial charge in [0.25, 0.3) is 0 Å². The van der Waals surface area contributed by atoms with E-state index in [1.54, 1.807) is 18.1 Å². The molecule has 6 rings (SSSR count). The molecule has 0 saturated carbocycles. The number of urea groups is 1. The van der Waals surface area contributed by atoms with Gasteiger partial charge in [-0.3, -0.25) is 0 Å². The van der Waals surface area contributed by atoms with Gasteiger partial charge in [-0.1, -0.05) is 115 Å². The summed E-state index contributed by atoms with van der Waals surface area (Å²) >= 11 is 1.61. The van der Waals surface area contributed by atoms with Crippen LogP contribution in [-0.2, 0) is 36.2 Å². The predicted octanol–water partition coefficient (Wildman–Crippen LogP) is 6.31. The molecule has 1 saturated heterocycles. The summed E-state index contributed by atoms with van der Waals surface area (Å²) in [5.74, 6) is 0.703. The first kappa shape index (κ1) is 31.5. The van der Waals surface area contributed by atoms with Crippen molar-refractivity contribution in [3.8, 4) is 11.1 Å². The summed E-state index contributed by atoms with van der Waals surface area (Å²) in [7, 11) is 1.93. The van der Waals surface area contributed by atoms with Crippen molar-refractivity contribution in [1.29, 1.82) is 0 Å². The lowest BCUT2D eigenvalue weighted by atomic mass is 9.98. The molecule has 46 heavy (non-hydrogen) atoms. The molecule has 1 aliphatic rings. The molecule has 10 heteroatoms. The number of rotatable bonds is 11. The quantitative estimate of drug-likeness (QED) is 0.146. The van der Waals surface area contributed by atoms with E-state index in [0.29, 0.717) is 25.3 Å². The molecule has 3 unspecified atom stereocenters. The summed E-state index contributed by atoms with van der Waals surface area (Å²) in [6, 6.07) is 33.8. The van der Waals surface area contributed by atoms with Crippen molar-refractivity contribution in [2.45, 2.75) is 49.8 Å². The Labute approximate surface area is 273 Å². The maximum absolute atomic E-state index is 12.5. The molecule has 4 aromatic carbocycles. The molecular formula is C36H37N5O4S. The fraction of sp³-hybridized carbons (Fsp3) is 0.250. The SMILES string of the molecule is Cn1cnnc1SCC1CC(c2ccc(CO)cc2)OC(c2ccc(-c3ccccc3CNC(=O)NCc3ccccc3)cc2)O1. The van der Waals surface area contributed by atoms with E-state index < -0.39 is 6.29 Å². The average Bonchev–Trinajstić information content (AvgIpc) is 3.53. The molecule has 1 fully saturated rings. The zero-order chi connectivity index (χ0) is 31.7. The zero-order valence-electron chi connectivity index (χ0n) is 25.6. The number of carbonyl (C=O) groups excluding carboxylic acids is 1. The van der Waals surface area contributed by atoms with E-state index in [9.17, 15) is 9.90 Å². The molecule has 1 aromatic heterocycles. The number of aromatic nitrogens is 3. The molecule has 1 aliphatic heterocycles. The van der Waals surface area contributed by atoms with Gasteiger partial charge in [0.2, 0.25) is 0 Å². The lowest BCUT2D eigenvalue weighted by molar-refractivity contribution is -0.245. The van der Waals surface area contributed by atoms with Crippen LogP contribution in [0.25, 0.3) is 11.1 Å². The lowest BCUT2D eigenvalue weighted by Gasteiger charge is -2.36. The number of hydrogen-bond donors (Lipinski definition) is 3. The first-order chi connectivity index (χ1) is 22.6. The Morgan fingerprint density at radius 2 is 1.59 bits per heavy atom. The number of hydrogen-bond acceptors (Lipinski definition) is 7. The third-order valence-corrected chi connectivity index (χ3v) is 9.10. The highest BCUT2D eigenvalue weighted by atomic mass is 32.2. The Hall–Kier alpha value is -4.48. The monoisotopic (exact) mass is 635 g/mol. The summed E-state index contributed by atoms with van der Waals surface area (Å²) in [6.45, 7) is 0.867. The van der Waals surface area contributed by atoms with Gasteiger partial charge in [-0.2, -0.15) is 0 Å². The van der Waals surface area contributed by atoms with Gasteiger partial charge in [0.15, 0.2) is 11.4 Å². The average molecular weight is 636 g/mol. The summed E-state index contributed by atoms with van der Waals surface area (Å²) < 4.78 is 14.9.